The van der Waals surface area contributed by atoms with Crippen LogP contribution < -0.4 is 5.73 Å². The number of nitrogen functional groups attached to an aromatic ring is 1. The number of hydrogen-bond acceptors (Lipinski definition) is 3. The highest BCUT2D eigenvalue weighted by Crippen LogP contribution is 2.39. The number of aryl methyl sites for hydroxylation is 1. The lowest BCUT2D eigenvalue weighted by molar-refractivity contribution is 0.725. The molecular formula is C10H13N5. The molecule has 1 aliphatic rings. The molecule has 3 rings (SSSR count). The average molecular weight is 203 g/mol. The largest absolute Gasteiger partial charge is 0.394 e. The fourth-order valence-corrected chi connectivity index (χ4v) is 1.73. The topological polar surface area (TPSA) is 61.7 Å². The fraction of sp³-hybridized carbons (Fsp3) is 0.400. The Hall–Kier alpha value is -1.78. The van der Waals surface area contributed by atoms with Crippen molar-refractivity contribution >= 4 is 5.69 Å². The molecule has 0 saturated heterocycles. The molecule has 0 unspecified atom stereocenters. The first-order valence-electron chi connectivity index (χ1n) is 5.09. The van der Waals surface area contributed by atoms with Crippen molar-refractivity contribution in [1.29, 1.82) is 0 Å². The van der Waals surface area contributed by atoms with Gasteiger partial charge in [0.2, 0.25) is 0 Å². The minimum absolute atomic E-state index is 0.656. The van der Waals surface area contributed by atoms with Gasteiger partial charge in [0.05, 0.1) is 11.4 Å². The molecule has 0 aromatic carbocycles. The van der Waals surface area contributed by atoms with Gasteiger partial charge in [-0.05, 0) is 18.9 Å². The highest BCUT2D eigenvalue weighted by molar-refractivity contribution is 5.51. The summed E-state index contributed by atoms with van der Waals surface area (Å²) in [6, 6.07) is 2.05. The Bertz CT molecular complexity index is 492. The maximum absolute atomic E-state index is 5.83. The third-order valence-electron chi connectivity index (χ3n) is 2.66. The Morgan fingerprint density at radius 1 is 1.40 bits per heavy atom. The maximum Gasteiger partial charge on any atom is 0.198 e. The normalized spacial score (nSPS) is 15.8. The molecule has 1 saturated carbocycles. The lowest BCUT2D eigenvalue weighted by Crippen LogP contribution is -2.00. The summed E-state index contributed by atoms with van der Waals surface area (Å²) in [4.78, 5) is 0. The molecule has 15 heavy (non-hydrogen) atoms. The van der Waals surface area contributed by atoms with E-state index in [-0.39, 0.29) is 0 Å². The Morgan fingerprint density at radius 3 is 2.80 bits per heavy atom. The van der Waals surface area contributed by atoms with Crippen molar-refractivity contribution < 1.29 is 0 Å². The van der Waals surface area contributed by atoms with Gasteiger partial charge in [0.25, 0.3) is 0 Å². The van der Waals surface area contributed by atoms with E-state index in [0.29, 0.717) is 17.4 Å². The summed E-state index contributed by atoms with van der Waals surface area (Å²) >= 11 is 0. The lowest BCUT2D eigenvalue weighted by Gasteiger charge is -1.96. The molecule has 0 atom stereocenters. The first kappa shape index (κ1) is 8.52. The summed E-state index contributed by atoms with van der Waals surface area (Å²) in [5, 5.41) is 8.74. The highest BCUT2D eigenvalue weighted by atomic mass is 15.4. The standard InChI is InChI=1S/C10H13N5/c1-14-6-8(11)10(13-14)15-5-4-9(12-15)7-2-3-7/h4-7H,2-3,11H2,1H3. The molecule has 0 spiro atoms. The zero-order chi connectivity index (χ0) is 10.4. The van der Waals surface area contributed by atoms with Gasteiger partial charge in [-0.2, -0.15) is 10.2 Å². The molecule has 2 aromatic rings. The van der Waals surface area contributed by atoms with Crippen LogP contribution in [-0.2, 0) is 7.05 Å². The highest BCUT2D eigenvalue weighted by Gasteiger charge is 2.26. The summed E-state index contributed by atoms with van der Waals surface area (Å²) in [5.41, 5.74) is 7.64. The molecule has 5 nitrogen and oxygen atoms in total. The summed E-state index contributed by atoms with van der Waals surface area (Å²) < 4.78 is 3.45. The first-order valence-corrected chi connectivity index (χ1v) is 5.09. The molecule has 1 aliphatic carbocycles. The molecule has 2 aromatic heterocycles. The van der Waals surface area contributed by atoms with E-state index < -0.39 is 0 Å². The van der Waals surface area contributed by atoms with E-state index in [0.717, 1.165) is 5.69 Å². The summed E-state index contributed by atoms with van der Waals surface area (Å²) in [5.74, 6) is 1.38. The van der Waals surface area contributed by atoms with Crippen molar-refractivity contribution in [3.8, 4) is 5.82 Å². The Balaban J connectivity index is 2.00. The van der Waals surface area contributed by atoms with E-state index in [1.165, 1.54) is 12.8 Å². The molecule has 2 N–H and O–H groups in total. The van der Waals surface area contributed by atoms with Crippen LogP contribution in [0.2, 0.25) is 0 Å². The molecule has 0 bridgehead atoms. The van der Waals surface area contributed by atoms with E-state index >= 15 is 0 Å². The molecule has 0 aliphatic heterocycles. The predicted molar refractivity (Wildman–Crippen MR) is 56.7 cm³/mol. The number of nitrogens with zero attached hydrogens (tertiary/aromatic N) is 4. The van der Waals surface area contributed by atoms with Crippen LogP contribution in [0, 0.1) is 0 Å². The van der Waals surface area contributed by atoms with E-state index in [1.807, 2.05) is 19.3 Å². The molecule has 0 radical (unpaired) electrons. The second-order valence-electron chi connectivity index (χ2n) is 4.04. The van der Waals surface area contributed by atoms with Gasteiger partial charge in [-0.3, -0.25) is 4.68 Å². The Morgan fingerprint density at radius 2 is 2.20 bits per heavy atom. The quantitative estimate of drug-likeness (QED) is 0.794. The molecular weight excluding hydrogens is 190 g/mol. The van der Waals surface area contributed by atoms with Crippen LogP contribution in [0.25, 0.3) is 5.82 Å². The van der Waals surface area contributed by atoms with Crippen molar-refractivity contribution in [2.75, 3.05) is 5.73 Å². The minimum atomic E-state index is 0.656. The molecule has 1 fully saturated rings. The van der Waals surface area contributed by atoms with E-state index in [2.05, 4.69) is 10.2 Å². The second-order valence-corrected chi connectivity index (χ2v) is 4.04. The van der Waals surface area contributed by atoms with E-state index in [9.17, 15) is 0 Å². The zero-order valence-corrected chi connectivity index (χ0v) is 8.59. The van der Waals surface area contributed by atoms with Crippen molar-refractivity contribution in [2.24, 2.45) is 7.05 Å². The monoisotopic (exact) mass is 203 g/mol. The van der Waals surface area contributed by atoms with Gasteiger partial charge < -0.3 is 5.73 Å². The summed E-state index contributed by atoms with van der Waals surface area (Å²) in [6.45, 7) is 0. The number of nitrogens with two attached hydrogens (primary N) is 1. The fourth-order valence-electron chi connectivity index (χ4n) is 1.73. The Kier molecular flexibility index (Phi) is 1.62. The first-order chi connectivity index (χ1) is 7.24. The van der Waals surface area contributed by atoms with Gasteiger partial charge in [0.1, 0.15) is 0 Å². The van der Waals surface area contributed by atoms with Crippen LogP contribution >= 0.6 is 0 Å². The summed E-state index contributed by atoms with van der Waals surface area (Å²) in [6.07, 6.45) is 6.23. The van der Waals surface area contributed by atoms with Gasteiger partial charge in [-0.15, -0.1) is 0 Å². The van der Waals surface area contributed by atoms with Crippen LogP contribution in [0.1, 0.15) is 24.5 Å². The van der Waals surface area contributed by atoms with E-state index in [4.69, 9.17) is 5.73 Å². The van der Waals surface area contributed by atoms with Crippen molar-refractivity contribution in [3.63, 3.8) is 0 Å². The smallest absolute Gasteiger partial charge is 0.198 e. The van der Waals surface area contributed by atoms with Crippen LogP contribution in [0.15, 0.2) is 18.5 Å². The summed E-state index contributed by atoms with van der Waals surface area (Å²) in [7, 11) is 1.85. The van der Waals surface area contributed by atoms with Gasteiger partial charge in [0.15, 0.2) is 5.82 Å². The van der Waals surface area contributed by atoms with Crippen LogP contribution in [0.4, 0.5) is 5.69 Å². The zero-order valence-electron chi connectivity index (χ0n) is 8.59. The minimum Gasteiger partial charge on any atom is -0.394 e. The SMILES string of the molecule is Cn1cc(N)c(-n2ccc(C3CC3)n2)n1. The molecule has 78 valence electrons. The lowest BCUT2D eigenvalue weighted by atomic mass is 10.3. The number of rotatable bonds is 2. The van der Waals surface area contributed by atoms with Gasteiger partial charge in [0, 0.05) is 25.4 Å². The number of hydrogen-bond donors (Lipinski definition) is 1. The van der Waals surface area contributed by atoms with Crippen LogP contribution in [0.5, 0.6) is 0 Å². The molecule has 0 amide bonds. The van der Waals surface area contributed by atoms with Crippen LogP contribution in [-0.4, -0.2) is 19.6 Å². The van der Waals surface area contributed by atoms with Gasteiger partial charge in [-0.1, -0.05) is 0 Å². The molecule has 5 heteroatoms. The number of anilines is 1. The third kappa shape index (κ3) is 1.40. The third-order valence-corrected chi connectivity index (χ3v) is 2.66. The average Bonchev–Trinajstić information content (AvgIpc) is 2.83. The second kappa shape index (κ2) is 2.85. The molecule has 2 heterocycles. The van der Waals surface area contributed by atoms with Gasteiger partial charge in [-0.25, -0.2) is 4.68 Å². The maximum atomic E-state index is 5.83. The number of aromatic nitrogens is 4. The van der Waals surface area contributed by atoms with Gasteiger partial charge >= 0.3 is 0 Å². The van der Waals surface area contributed by atoms with Crippen molar-refractivity contribution in [3.05, 3.63) is 24.2 Å². The van der Waals surface area contributed by atoms with E-state index in [1.54, 1.807) is 15.6 Å². The predicted octanol–water partition coefficient (Wildman–Crippen LogP) is 1.07. The van der Waals surface area contributed by atoms with Crippen LogP contribution in [0.3, 0.4) is 0 Å². The van der Waals surface area contributed by atoms with Crippen molar-refractivity contribution in [2.45, 2.75) is 18.8 Å². The Labute approximate surface area is 87.5 Å². The van der Waals surface area contributed by atoms with Crippen molar-refractivity contribution in [1.82, 2.24) is 19.6 Å².